The molecule has 108 valence electrons. The van der Waals surface area contributed by atoms with E-state index in [9.17, 15) is 12.8 Å². The molecule has 1 heterocycles. The van der Waals surface area contributed by atoms with E-state index in [0.717, 1.165) is 4.31 Å². The second-order valence-corrected chi connectivity index (χ2v) is 6.00. The van der Waals surface area contributed by atoms with Crippen LogP contribution in [0.1, 0.15) is 12.6 Å². The maximum Gasteiger partial charge on any atom is 0.265 e. The number of sulfonamides is 1. The van der Waals surface area contributed by atoms with Gasteiger partial charge in [-0.2, -0.15) is 0 Å². The van der Waals surface area contributed by atoms with E-state index in [1.807, 2.05) is 0 Å². The number of nitrogens with one attached hydrogen (secondary N) is 1. The number of H-pyrrole nitrogens is 1. The number of aromatic amines is 1. The van der Waals surface area contributed by atoms with Crippen LogP contribution in [0.5, 0.6) is 0 Å². The molecule has 2 aromatic rings. The summed E-state index contributed by atoms with van der Waals surface area (Å²) >= 11 is 0. The van der Waals surface area contributed by atoms with Gasteiger partial charge in [0, 0.05) is 18.4 Å². The van der Waals surface area contributed by atoms with Crippen molar-refractivity contribution in [3.63, 3.8) is 0 Å². The standard InChI is InChI=1S/C13H15FN2O3S/c1-2-16(13-6-4-3-5-12(13)14)20(18,19)11-7-10(9-17)15-8-11/h3-8,15,17H,2,9H2,1H3. The molecule has 0 unspecified atom stereocenters. The lowest BCUT2D eigenvalue weighted by Crippen LogP contribution is -2.31. The van der Waals surface area contributed by atoms with Crippen molar-refractivity contribution in [3.8, 4) is 0 Å². The van der Waals surface area contributed by atoms with Gasteiger partial charge in [-0.15, -0.1) is 0 Å². The Kier molecular flexibility index (Phi) is 4.10. The van der Waals surface area contributed by atoms with Crippen LogP contribution in [0.3, 0.4) is 0 Å². The van der Waals surface area contributed by atoms with Crippen LogP contribution >= 0.6 is 0 Å². The Hall–Kier alpha value is -1.86. The van der Waals surface area contributed by atoms with E-state index in [-0.39, 0.29) is 23.7 Å². The molecular formula is C13H15FN2O3S. The van der Waals surface area contributed by atoms with Crippen LogP contribution in [0.25, 0.3) is 0 Å². The number of para-hydroxylation sites is 1. The van der Waals surface area contributed by atoms with Crippen molar-refractivity contribution in [2.24, 2.45) is 0 Å². The van der Waals surface area contributed by atoms with E-state index in [1.165, 1.54) is 30.5 Å². The molecule has 2 N–H and O–H groups in total. The van der Waals surface area contributed by atoms with Gasteiger partial charge in [0.05, 0.1) is 12.3 Å². The molecule has 0 atom stereocenters. The lowest BCUT2D eigenvalue weighted by Gasteiger charge is -2.22. The van der Waals surface area contributed by atoms with Crippen LogP contribution in [0.2, 0.25) is 0 Å². The van der Waals surface area contributed by atoms with Crippen LogP contribution in [0.4, 0.5) is 10.1 Å². The molecule has 1 aromatic carbocycles. The Morgan fingerprint density at radius 2 is 2.05 bits per heavy atom. The van der Waals surface area contributed by atoms with Gasteiger partial charge in [-0.25, -0.2) is 12.8 Å². The van der Waals surface area contributed by atoms with E-state index >= 15 is 0 Å². The number of aromatic nitrogens is 1. The van der Waals surface area contributed by atoms with Crippen molar-refractivity contribution in [2.75, 3.05) is 10.8 Å². The molecule has 5 nitrogen and oxygen atoms in total. The highest BCUT2D eigenvalue weighted by atomic mass is 32.2. The number of hydrogen-bond acceptors (Lipinski definition) is 3. The highest BCUT2D eigenvalue weighted by Gasteiger charge is 2.26. The Bertz CT molecular complexity index is 697. The summed E-state index contributed by atoms with van der Waals surface area (Å²) in [5, 5.41) is 8.97. The summed E-state index contributed by atoms with van der Waals surface area (Å²) < 4.78 is 39.8. The lowest BCUT2D eigenvalue weighted by atomic mass is 10.3. The zero-order valence-electron chi connectivity index (χ0n) is 10.9. The lowest BCUT2D eigenvalue weighted by molar-refractivity contribution is 0.277. The summed E-state index contributed by atoms with van der Waals surface area (Å²) in [5.74, 6) is -0.601. The van der Waals surface area contributed by atoms with Crippen LogP contribution in [-0.2, 0) is 16.6 Å². The van der Waals surface area contributed by atoms with Gasteiger partial charge in [0.15, 0.2) is 0 Å². The molecule has 0 amide bonds. The molecule has 0 saturated carbocycles. The maximum absolute atomic E-state index is 13.8. The SMILES string of the molecule is CCN(c1ccccc1F)S(=O)(=O)c1c[nH]c(CO)c1. The highest BCUT2D eigenvalue weighted by molar-refractivity contribution is 7.92. The third-order valence-corrected chi connectivity index (χ3v) is 4.75. The molecule has 0 saturated heterocycles. The van der Waals surface area contributed by atoms with Crippen molar-refractivity contribution in [1.82, 2.24) is 4.98 Å². The summed E-state index contributed by atoms with van der Waals surface area (Å²) in [6.07, 6.45) is 1.28. The molecule has 0 aliphatic rings. The molecule has 20 heavy (non-hydrogen) atoms. The summed E-state index contributed by atoms with van der Waals surface area (Å²) in [4.78, 5) is 2.65. The normalized spacial score (nSPS) is 11.6. The molecule has 0 aliphatic heterocycles. The fraction of sp³-hybridized carbons (Fsp3) is 0.231. The van der Waals surface area contributed by atoms with Gasteiger partial charge in [-0.1, -0.05) is 12.1 Å². The van der Waals surface area contributed by atoms with Crippen molar-refractivity contribution in [2.45, 2.75) is 18.4 Å². The zero-order chi connectivity index (χ0) is 14.8. The van der Waals surface area contributed by atoms with Crippen molar-refractivity contribution in [1.29, 1.82) is 0 Å². The Morgan fingerprint density at radius 1 is 1.35 bits per heavy atom. The minimum atomic E-state index is -3.86. The predicted octanol–water partition coefficient (Wildman–Crippen LogP) is 1.86. The summed E-state index contributed by atoms with van der Waals surface area (Å²) in [5.41, 5.74) is 0.384. The van der Waals surface area contributed by atoms with E-state index in [1.54, 1.807) is 13.0 Å². The number of aliphatic hydroxyl groups excluding tert-OH is 1. The molecule has 1 aromatic heterocycles. The minimum Gasteiger partial charge on any atom is -0.390 e. The number of benzene rings is 1. The van der Waals surface area contributed by atoms with Crippen molar-refractivity contribution in [3.05, 3.63) is 48.0 Å². The van der Waals surface area contributed by atoms with E-state index < -0.39 is 15.8 Å². The number of anilines is 1. The highest BCUT2D eigenvalue weighted by Crippen LogP contribution is 2.26. The average molecular weight is 298 g/mol. The van der Waals surface area contributed by atoms with Gasteiger partial charge >= 0.3 is 0 Å². The molecule has 0 radical (unpaired) electrons. The van der Waals surface area contributed by atoms with Crippen LogP contribution < -0.4 is 4.31 Å². The third kappa shape index (κ3) is 2.54. The predicted molar refractivity (Wildman–Crippen MR) is 73.3 cm³/mol. The molecule has 7 heteroatoms. The summed E-state index contributed by atoms with van der Waals surface area (Å²) in [7, 11) is -3.86. The van der Waals surface area contributed by atoms with Crippen LogP contribution in [0.15, 0.2) is 41.4 Å². The van der Waals surface area contributed by atoms with E-state index in [4.69, 9.17) is 5.11 Å². The first-order valence-corrected chi connectivity index (χ1v) is 7.50. The molecule has 0 aliphatic carbocycles. The first-order chi connectivity index (χ1) is 9.50. The number of nitrogens with zero attached hydrogens (tertiary/aromatic N) is 1. The topological polar surface area (TPSA) is 73.4 Å². The van der Waals surface area contributed by atoms with Crippen molar-refractivity contribution < 1.29 is 17.9 Å². The van der Waals surface area contributed by atoms with Gasteiger partial charge in [-0.3, -0.25) is 4.31 Å². The average Bonchev–Trinajstić information content (AvgIpc) is 2.91. The monoisotopic (exact) mass is 298 g/mol. The second kappa shape index (κ2) is 5.64. The number of rotatable bonds is 5. The van der Waals surface area contributed by atoms with Crippen molar-refractivity contribution >= 4 is 15.7 Å². The minimum absolute atomic E-state index is 0.00162. The first-order valence-electron chi connectivity index (χ1n) is 6.06. The Morgan fingerprint density at radius 3 is 2.60 bits per heavy atom. The Balaban J connectivity index is 2.48. The van der Waals surface area contributed by atoms with Gasteiger partial charge in [-0.05, 0) is 25.1 Å². The van der Waals surface area contributed by atoms with Crippen LogP contribution in [0, 0.1) is 5.82 Å². The number of hydrogen-bond donors (Lipinski definition) is 2. The fourth-order valence-corrected chi connectivity index (χ4v) is 3.41. The smallest absolute Gasteiger partial charge is 0.265 e. The maximum atomic E-state index is 13.8. The molecule has 0 bridgehead atoms. The van der Waals surface area contributed by atoms with E-state index in [0.29, 0.717) is 5.69 Å². The third-order valence-electron chi connectivity index (χ3n) is 2.88. The zero-order valence-corrected chi connectivity index (χ0v) is 11.7. The number of aliphatic hydroxyl groups is 1. The van der Waals surface area contributed by atoms with Crippen LogP contribution in [-0.4, -0.2) is 25.1 Å². The van der Waals surface area contributed by atoms with Gasteiger partial charge in [0.2, 0.25) is 0 Å². The van der Waals surface area contributed by atoms with Gasteiger partial charge in [0.25, 0.3) is 10.0 Å². The van der Waals surface area contributed by atoms with Gasteiger partial charge < -0.3 is 10.1 Å². The molecular weight excluding hydrogens is 283 g/mol. The van der Waals surface area contributed by atoms with Gasteiger partial charge in [0.1, 0.15) is 10.7 Å². The molecule has 0 fully saturated rings. The second-order valence-electron chi connectivity index (χ2n) is 4.14. The quantitative estimate of drug-likeness (QED) is 0.885. The summed E-state index contributed by atoms with van der Waals surface area (Å²) in [6, 6.07) is 7.03. The van der Waals surface area contributed by atoms with E-state index in [2.05, 4.69) is 4.98 Å². The largest absolute Gasteiger partial charge is 0.390 e. The molecule has 0 spiro atoms. The Labute approximate surface area is 116 Å². The fourth-order valence-electron chi connectivity index (χ4n) is 1.91. The number of halogens is 1. The summed E-state index contributed by atoms with van der Waals surface area (Å²) in [6.45, 7) is 1.44. The first kappa shape index (κ1) is 14.5. The molecule has 2 rings (SSSR count).